The SMILES string of the molecule is I.NC(=NCC1(N2CCOCC2)CCCCC1)Nc1cc(F)ccc1F. The Morgan fingerprint density at radius 1 is 1.19 bits per heavy atom. The number of rotatable bonds is 4. The lowest BCUT2D eigenvalue weighted by molar-refractivity contribution is -0.0333. The summed E-state index contributed by atoms with van der Waals surface area (Å²) < 4.78 is 32.5. The zero-order valence-corrected chi connectivity index (χ0v) is 17.2. The van der Waals surface area contributed by atoms with Gasteiger partial charge >= 0.3 is 0 Å². The molecule has 3 rings (SSSR count). The van der Waals surface area contributed by atoms with Crippen molar-refractivity contribution in [1.29, 1.82) is 0 Å². The van der Waals surface area contributed by atoms with E-state index in [-0.39, 0.29) is 41.2 Å². The second-order valence-corrected chi connectivity index (χ2v) is 6.84. The van der Waals surface area contributed by atoms with E-state index in [1.807, 2.05) is 0 Å². The first-order valence-corrected chi connectivity index (χ1v) is 8.94. The lowest BCUT2D eigenvalue weighted by atomic mass is 9.80. The summed E-state index contributed by atoms with van der Waals surface area (Å²) in [7, 11) is 0. The van der Waals surface area contributed by atoms with Gasteiger partial charge in [-0.1, -0.05) is 19.3 Å². The molecular formula is C18H27F2IN4O. The molecule has 2 aliphatic rings. The number of guanidine groups is 1. The van der Waals surface area contributed by atoms with Crippen LogP contribution in [0, 0.1) is 11.6 Å². The molecule has 0 amide bonds. The van der Waals surface area contributed by atoms with Gasteiger partial charge in [0.25, 0.3) is 0 Å². The van der Waals surface area contributed by atoms with Crippen molar-refractivity contribution in [3.63, 3.8) is 0 Å². The molecule has 1 aromatic rings. The summed E-state index contributed by atoms with van der Waals surface area (Å²) in [4.78, 5) is 6.94. The number of benzene rings is 1. The number of ether oxygens (including phenoxy) is 1. The average molecular weight is 480 g/mol. The summed E-state index contributed by atoms with van der Waals surface area (Å²) in [6, 6.07) is 3.22. The van der Waals surface area contributed by atoms with Gasteiger partial charge in [0, 0.05) is 24.7 Å². The number of nitrogens with one attached hydrogen (secondary N) is 1. The molecule has 2 fully saturated rings. The van der Waals surface area contributed by atoms with Crippen LogP contribution in [0.1, 0.15) is 32.1 Å². The molecule has 1 saturated carbocycles. The number of halogens is 3. The number of nitrogens with zero attached hydrogens (tertiary/aromatic N) is 2. The monoisotopic (exact) mass is 480 g/mol. The van der Waals surface area contributed by atoms with Gasteiger partial charge in [0.15, 0.2) is 5.96 Å². The van der Waals surface area contributed by atoms with Gasteiger partial charge in [-0.2, -0.15) is 0 Å². The number of aliphatic imine (C=N–C) groups is 1. The van der Waals surface area contributed by atoms with Gasteiger partial charge in [-0.05, 0) is 25.0 Å². The minimum Gasteiger partial charge on any atom is -0.379 e. The number of hydrogen-bond donors (Lipinski definition) is 2. The van der Waals surface area contributed by atoms with Gasteiger partial charge in [-0.15, -0.1) is 24.0 Å². The van der Waals surface area contributed by atoms with E-state index in [9.17, 15) is 8.78 Å². The highest BCUT2D eigenvalue weighted by atomic mass is 127. The Labute approximate surface area is 170 Å². The van der Waals surface area contributed by atoms with Crippen LogP contribution in [-0.2, 0) is 4.74 Å². The van der Waals surface area contributed by atoms with Gasteiger partial charge < -0.3 is 15.8 Å². The highest BCUT2D eigenvalue weighted by Gasteiger charge is 2.38. The van der Waals surface area contributed by atoms with Gasteiger partial charge in [0.1, 0.15) is 11.6 Å². The van der Waals surface area contributed by atoms with E-state index >= 15 is 0 Å². The molecule has 0 atom stereocenters. The fourth-order valence-corrected chi connectivity index (χ4v) is 3.83. The molecule has 0 aromatic heterocycles. The summed E-state index contributed by atoms with van der Waals surface area (Å²) >= 11 is 0. The molecule has 0 radical (unpaired) electrons. The van der Waals surface area contributed by atoms with Crippen molar-refractivity contribution in [3.8, 4) is 0 Å². The van der Waals surface area contributed by atoms with Crippen LogP contribution in [0.5, 0.6) is 0 Å². The lowest BCUT2D eigenvalue weighted by Gasteiger charge is -2.47. The molecule has 8 heteroatoms. The van der Waals surface area contributed by atoms with Crippen LogP contribution in [0.25, 0.3) is 0 Å². The van der Waals surface area contributed by atoms with Crippen LogP contribution in [0.4, 0.5) is 14.5 Å². The van der Waals surface area contributed by atoms with Crippen LogP contribution >= 0.6 is 24.0 Å². The van der Waals surface area contributed by atoms with Crippen LogP contribution in [0.3, 0.4) is 0 Å². The van der Waals surface area contributed by atoms with Crippen molar-refractivity contribution in [1.82, 2.24) is 4.90 Å². The molecule has 1 saturated heterocycles. The molecule has 1 heterocycles. The largest absolute Gasteiger partial charge is 0.379 e. The number of morpholine rings is 1. The molecule has 3 N–H and O–H groups in total. The first kappa shape index (κ1) is 21.3. The predicted molar refractivity (Wildman–Crippen MR) is 110 cm³/mol. The van der Waals surface area contributed by atoms with E-state index in [0.717, 1.165) is 57.3 Å². The zero-order valence-electron chi connectivity index (χ0n) is 14.8. The molecular weight excluding hydrogens is 453 g/mol. The average Bonchev–Trinajstić information content (AvgIpc) is 2.65. The standard InChI is InChI=1S/C18H26F2N4O.HI/c19-14-4-5-15(20)16(12-14)23-17(21)22-13-18(6-2-1-3-7-18)24-8-10-25-11-9-24;/h4-5,12H,1-3,6-11,13H2,(H3,21,22,23);1H. The van der Waals surface area contributed by atoms with Gasteiger partial charge in [-0.3, -0.25) is 9.89 Å². The predicted octanol–water partition coefficient (Wildman–Crippen LogP) is 3.34. The van der Waals surface area contributed by atoms with Gasteiger partial charge in [0.05, 0.1) is 25.4 Å². The third-order valence-electron chi connectivity index (χ3n) is 5.20. The molecule has 1 aromatic carbocycles. The molecule has 0 spiro atoms. The number of anilines is 1. The van der Waals surface area contributed by atoms with Crippen molar-refractivity contribution in [2.24, 2.45) is 10.7 Å². The van der Waals surface area contributed by atoms with Crippen molar-refractivity contribution >= 4 is 35.6 Å². The normalized spacial score (nSPS) is 21.1. The third-order valence-corrected chi connectivity index (χ3v) is 5.20. The molecule has 0 unspecified atom stereocenters. The molecule has 146 valence electrons. The summed E-state index contributed by atoms with van der Waals surface area (Å²) in [6.07, 6.45) is 5.77. The Hall–Kier alpha value is -1.00. The summed E-state index contributed by atoms with van der Waals surface area (Å²) in [5, 5.41) is 2.68. The maximum atomic E-state index is 13.7. The Bertz CT molecular complexity index is 617. The summed E-state index contributed by atoms with van der Waals surface area (Å²) in [6.45, 7) is 3.85. The first-order chi connectivity index (χ1) is 12.1. The van der Waals surface area contributed by atoms with E-state index in [1.165, 1.54) is 19.3 Å². The molecule has 0 bridgehead atoms. The topological polar surface area (TPSA) is 62.9 Å². The lowest BCUT2D eigenvalue weighted by Crippen LogP contribution is -2.56. The van der Waals surface area contributed by atoms with Crippen LogP contribution in [0.15, 0.2) is 23.2 Å². The minimum absolute atomic E-state index is 0. The van der Waals surface area contributed by atoms with Crippen LogP contribution < -0.4 is 11.1 Å². The van der Waals surface area contributed by atoms with Crippen molar-refractivity contribution in [2.75, 3.05) is 38.2 Å². The highest BCUT2D eigenvalue weighted by molar-refractivity contribution is 14.0. The molecule has 26 heavy (non-hydrogen) atoms. The van der Waals surface area contributed by atoms with E-state index in [0.29, 0.717) is 6.54 Å². The second kappa shape index (κ2) is 9.80. The number of nitrogens with two attached hydrogens (primary N) is 1. The maximum absolute atomic E-state index is 13.7. The quantitative estimate of drug-likeness (QED) is 0.395. The van der Waals surface area contributed by atoms with Crippen molar-refractivity contribution < 1.29 is 13.5 Å². The molecule has 1 aliphatic carbocycles. The molecule has 5 nitrogen and oxygen atoms in total. The smallest absolute Gasteiger partial charge is 0.193 e. The highest BCUT2D eigenvalue weighted by Crippen LogP contribution is 2.34. The first-order valence-electron chi connectivity index (χ1n) is 8.94. The summed E-state index contributed by atoms with van der Waals surface area (Å²) in [5.74, 6) is -0.961. The minimum atomic E-state index is -0.555. The van der Waals surface area contributed by atoms with Crippen molar-refractivity contribution in [3.05, 3.63) is 29.8 Å². The zero-order chi connectivity index (χ0) is 17.7. The van der Waals surface area contributed by atoms with E-state index in [4.69, 9.17) is 10.5 Å². The Morgan fingerprint density at radius 3 is 2.58 bits per heavy atom. The summed E-state index contributed by atoms with van der Waals surface area (Å²) in [5.41, 5.74) is 5.94. The fraction of sp³-hybridized carbons (Fsp3) is 0.611. The maximum Gasteiger partial charge on any atom is 0.193 e. The van der Waals surface area contributed by atoms with E-state index in [1.54, 1.807) is 0 Å². The van der Waals surface area contributed by atoms with E-state index < -0.39 is 11.6 Å². The Balaban J connectivity index is 0.00000243. The van der Waals surface area contributed by atoms with Crippen LogP contribution in [-0.4, -0.2) is 49.2 Å². The van der Waals surface area contributed by atoms with Crippen LogP contribution in [0.2, 0.25) is 0 Å². The van der Waals surface area contributed by atoms with Gasteiger partial charge in [0.2, 0.25) is 0 Å². The second-order valence-electron chi connectivity index (χ2n) is 6.84. The number of hydrogen-bond acceptors (Lipinski definition) is 3. The third kappa shape index (κ3) is 5.26. The molecule has 1 aliphatic heterocycles. The van der Waals surface area contributed by atoms with Gasteiger partial charge in [-0.25, -0.2) is 8.78 Å². The van der Waals surface area contributed by atoms with Crippen molar-refractivity contribution in [2.45, 2.75) is 37.6 Å². The fourth-order valence-electron chi connectivity index (χ4n) is 3.83. The Kier molecular flexibility index (Phi) is 8.03. The Morgan fingerprint density at radius 2 is 1.88 bits per heavy atom. The van der Waals surface area contributed by atoms with E-state index in [2.05, 4.69) is 15.2 Å².